The SMILES string of the molecule is CCN(CC)CCN(C(=O)COc1cccc(C)c1)c1nc2ccccc2s1.Cl. The molecule has 0 bridgehead atoms. The van der Waals surface area contributed by atoms with Gasteiger partial charge in [-0.2, -0.15) is 0 Å². The molecule has 0 atom stereocenters. The van der Waals surface area contributed by atoms with Gasteiger partial charge in [-0.3, -0.25) is 9.69 Å². The second kappa shape index (κ2) is 11.1. The molecule has 1 amide bonds. The Morgan fingerprint density at radius 3 is 2.52 bits per heavy atom. The highest BCUT2D eigenvalue weighted by Gasteiger charge is 2.21. The number of anilines is 1. The molecule has 0 aliphatic carbocycles. The molecule has 1 aromatic heterocycles. The number of carbonyl (C=O) groups is 1. The summed E-state index contributed by atoms with van der Waals surface area (Å²) in [5.41, 5.74) is 2.03. The Morgan fingerprint density at radius 2 is 1.83 bits per heavy atom. The van der Waals surface area contributed by atoms with Crippen molar-refractivity contribution < 1.29 is 9.53 Å². The first-order valence-corrected chi connectivity index (χ1v) is 10.5. The Balaban J connectivity index is 0.00000300. The van der Waals surface area contributed by atoms with Gasteiger partial charge in [0.1, 0.15) is 5.75 Å². The summed E-state index contributed by atoms with van der Waals surface area (Å²) in [4.78, 5) is 21.8. The molecule has 0 radical (unpaired) electrons. The van der Waals surface area contributed by atoms with Crippen molar-refractivity contribution in [3.63, 3.8) is 0 Å². The predicted molar refractivity (Wildman–Crippen MR) is 124 cm³/mol. The lowest BCUT2D eigenvalue weighted by Crippen LogP contribution is -2.41. The van der Waals surface area contributed by atoms with Gasteiger partial charge in [0.2, 0.25) is 0 Å². The Labute approximate surface area is 182 Å². The third-order valence-electron chi connectivity index (χ3n) is 4.70. The lowest BCUT2D eigenvalue weighted by molar-refractivity contribution is -0.120. The molecule has 5 nitrogen and oxygen atoms in total. The van der Waals surface area contributed by atoms with Crippen LogP contribution in [-0.2, 0) is 4.79 Å². The number of amides is 1. The van der Waals surface area contributed by atoms with Crippen LogP contribution in [0.1, 0.15) is 19.4 Å². The van der Waals surface area contributed by atoms with E-state index in [1.54, 1.807) is 16.2 Å². The number of fused-ring (bicyclic) bond motifs is 1. The van der Waals surface area contributed by atoms with Crippen molar-refractivity contribution in [2.24, 2.45) is 0 Å². The minimum absolute atomic E-state index is 0. The number of aryl methyl sites for hydroxylation is 1. The van der Waals surface area contributed by atoms with Crippen molar-refractivity contribution >= 4 is 45.0 Å². The lowest BCUT2D eigenvalue weighted by Gasteiger charge is -2.24. The first-order chi connectivity index (χ1) is 13.6. The molecular weight excluding hydrogens is 406 g/mol. The molecule has 0 fully saturated rings. The van der Waals surface area contributed by atoms with Crippen LogP contribution in [0.3, 0.4) is 0 Å². The van der Waals surface area contributed by atoms with Crippen molar-refractivity contribution in [3.8, 4) is 5.75 Å². The maximum absolute atomic E-state index is 13.0. The fraction of sp³-hybridized carbons (Fsp3) is 0.364. The zero-order valence-corrected chi connectivity index (χ0v) is 18.8. The van der Waals surface area contributed by atoms with Crippen LogP contribution < -0.4 is 9.64 Å². The van der Waals surface area contributed by atoms with E-state index < -0.39 is 0 Å². The molecule has 0 unspecified atom stereocenters. The molecule has 3 aromatic rings. The third kappa shape index (κ3) is 6.16. The molecular formula is C22H28ClN3O2S. The lowest BCUT2D eigenvalue weighted by atomic mass is 10.2. The number of ether oxygens (including phenoxy) is 1. The van der Waals surface area contributed by atoms with Gasteiger partial charge < -0.3 is 9.64 Å². The zero-order chi connectivity index (χ0) is 19.9. The van der Waals surface area contributed by atoms with Crippen LogP contribution in [0.5, 0.6) is 5.75 Å². The molecule has 156 valence electrons. The number of hydrogen-bond donors (Lipinski definition) is 0. The Morgan fingerprint density at radius 1 is 1.07 bits per heavy atom. The molecule has 0 aliphatic rings. The fourth-order valence-electron chi connectivity index (χ4n) is 3.01. The van der Waals surface area contributed by atoms with E-state index in [-0.39, 0.29) is 24.9 Å². The summed E-state index contributed by atoms with van der Waals surface area (Å²) in [7, 11) is 0. The summed E-state index contributed by atoms with van der Waals surface area (Å²) in [6, 6.07) is 15.7. The van der Waals surface area contributed by atoms with E-state index in [1.165, 1.54) is 0 Å². The van der Waals surface area contributed by atoms with Gasteiger partial charge in [-0.15, -0.1) is 12.4 Å². The second-order valence-corrected chi connectivity index (χ2v) is 7.65. The number of benzene rings is 2. The van der Waals surface area contributed by atoms with Crippen LogP contribution in [0, 0.1) is 6.92 Å². The van der Waals surface area contributed by atoms with E-state index in [0.717, 1.165) is 40.5 Å². The molecule has 0 saturated heterocycles. The van der Waals surface area contributed by atoms with Crippen molar-refractivity contribution in [2.45, 2.75) is 20.8 Å². The predicted octanol–water partition coefficient (Wildman–Crippen LogP) is 4.78. The van der Waals surface area contributed by atoms with Crippen LogP contribution >= 0.6 is 23.7 Å². The van der Waals surface area contributed by atoms with Gasteiger partial charge in [0, 0.05) is 13.1 Å². The van der Waals surface area contributed by atoms with E-state index in [0.29, 0.717) is 12.3 Å². The van der Waals surface area contributed by atoms with Crippen LogP contribution in [0.25, 0.3) is 10.2 Å². The quantitative estimate of drug-likeness (QED) is 0.487. The van der Waals surface area contributed by atoms with E-state index in [9.17, 15) is 4.79 Å². The van der Waals surface area contributed by atoms with Crippen molar-refractivity contribution in [3.05, 3.63) is 54.1 Å². The molecule has 0 aliphatic heterocycles. The van der Waals surface area contributed by atoms with Gasteiger partial charge in [0.25, 0.3) is 5.91 Å². The average molecular weight is 434 g/mol. The Bertz CT molecular complexity index is 894. The summed E-state index contributed by atoms with van der Waals surface area (Å²) in [5, 5.41) is 0.728. The normalized spacial score (nSPS) is 10.8. The summed E-state index contributed by atoms with van der Waals surface area (Å²) in [6.07, 6.45) is 0. The maximum atomic E-state index is 13.0. The molecule has 3 rings (SSSR count). The van der Waals surface area contributed by atoms with Gasteiger partial charge in [0.05, 0.1) is 10.2 Å². The molecule has 2 aromatic carbocycles. The highest BCUT2D eigenvalue weighted by Crippen LogP contribution is 2.28. The highest BCUT2D eigenvalue weighted by atomic mass is 35.5. The average Bonchev–Trinajstić information content (AvgIpc) is 3.13. The molecule has 1 heterocycles. The zero-order valence-electron chi connectivity index (χ0n) is 17.1. The molecule has 0 saturated carbocycles. The maximum Gasteiger partial charge on any atom is 0.266 e. The molecule has 0 spiro atoms. The Kier molecular flexibility index (Phi) is 8.89. The number of aromatic nitrogens is 1. The van der Waals surface area contributed by atoms with E-state index in [4.69, 9.17) is 4.74 Å². The van der Waals surface area contributed by atoms with Gasteiger partial charge in [-0.1, -0.05) is 49.4 Å². The van der Waals surface area contributed by atoms with Crippen LogP contribution in [0.15, 0.2) is 48.5 Å². The third-order valence-corrected chi connectivity index (χ3v) is 5.76. The highest BCUT2D eigenvalue weighted by molar-refractivity contribution is 7.22. The number of nitrogens with zero attached hydrogens (tertiary/aromatic N) is 3. The number of halogens is 1. The first-order valence-electron chi connectivity index (χ1n) is 9.68. The number of likely N-dealkylation sites (N-methyl/N-ethyl adjacent to an activating group) is 1. The summed E-state index contributed by atoms with van der Waals surface area (Å²) in [5.74, 6) is 0.633. The fourth-order valence-corrected chi connectivity index (χ4v) is 4.02. The number of thiazole rings is 1. The standard InChI is InChI=1S/C22H27N3O2S.ClH/c1-4-24(5-2)13-14-25(22-23-19-11-6-7-12-20(19)28-22)21(26)16-27-18-10-8-9-17(3)15-18;/h6-12,15H,4-5,13-14,16H2,1-3H3;1H. The smallest absolute Gasteiger partial charge is 0.266 e. The summed E-state index contributed by atoms with van der Waals surface area (Å²) in [6.45, 7) is 9.58. The number of rotatable bonds is 9. The van der Waals surface area contributed by atoms with Gasteiger partial charge in [-0.05, 0) is 49.8 Å². The van der Waals surface area contributed by atoms with Crippen molar-refractivity contribution in [1.29, 1.82) is 0 Å². The van der Waals surface area contributed by atoms with Crippen molar-refractivity contribution in [2.75, 3.05) is 37.7 Å². The van der Waals surface area contributed by atoms with Gasteiger partial charge in [-0.25, -0.2) is 4.98 Å². The topological polar surface area (TPSA) is 45.7 Å². The van der Waals surface area contributed by atoms with Crippen LogP contribution in [-0.4, -0.2) is 48.6 Å². The van der Waals surface area contributed by atoms with Crippen molar-refractivity contribution in [1.82, 2.24) is 9.88 Å². The number of carbonyl (C=O) groups excluding carboxylic acids is 1. The van der Waals surface area contributed by atoms with Gasteiger partial charge in [0.15, 0.2) is 11.7 Å². The van der Waals surface area contributed by atoms with Gasteiger partial charge >= 0.3 is 0 Å². The summed E-state index contributed by atoms with van der Waals surface area (Å²) >= 11 is 1.54. The Hall–Kier alpha value is -2.15. The van der Waals surface area contributed by atoms with E-state index in [2.05, 4.69) is 23.7 Å². The molecule has 0 N–H and O–H groups in total. The molecule has 29 heavy (non-hydrogen) atoms. The van der Waals surface area contributed by atoms with Crippen LogP contribution in [0.4, 0.5) is 5.13 Å². The number of hydrogen-bond acceptors (Lipinski definition) is 5. The summed E-state index contributed by atoms with van der Waals surface area (Å²) < 4.78 is 6.84. The first kappa shape index (κ1) is 23.1. The second-order valence-electron chi connectivity index (χ2n) is 6.64. The van der Waals surface area contributed by atoms with E-state index in [1.807, 2.05) is 55.5 Å². The van der Waals surface area contributed by atoms with Crippen LogP contribution in [0.2, 0.25) is 0 Å². The molecule has 7 heteroatoms. The number of para-hydroxylation sites is 1. The largest absolute Gasteiger partial charge is 0.484 e. The monoisotopic (exact) mass is 433 g/mol. The van der Waals surface area contributed by atoms with E-state index >= 15 is 0 Å². The minimum Gasteiger partial charge on any atom is -0.484 e. The minimum atomic E-state index is -0.0762.